The van der Waals surface area contributed by atoms with Crippen LogP contribution in [0.1, 0.15) is 30.9 Å². The predicted molar refractivity (Wildman–Crippen MR) is 98.8 cm³/mol. The van der Waals surface area contributed by atoms with Crippen LogP contribution >= 0.6 is 11.6 Å². The lowest BCUT2D eigenvalue weighted by Crippen LogP contribution is -2.30. The minimum atomic E-state index is -0.163. The Hall–Kier alpha value is -2.59. The highest BCUT2D eigenvalue weighted by Crippen LogP contribution is 2.42. The first kappa shape index (κ1) is 14.7. The van der Waals surface area contributed by atoms with Crippen molar-refractivity contribution in [1.29, 1.82) is 0 Å². The number of fused-ring (bicyclic) bond motifs is 3. The highest BCUT2D eigenvalue weighted by atomic mass is 35.5. The van der Waals surface area contributed by atoms with Crippen molar-refractivity contribution in [2.75, 3.05) is 5.32 Å². The van der Waals surface area contributed by atoms with E-state index in [0.29, 0.717) is 11.4 Å². The zero-order valence-electron chi connectivity index (χ0n) is 13.5. The van der Waals surface area contributed by atoms with Crippen molar-refractivity contribution in [3.05, 3.63) is 70.4 Å². The number of nitrogens with zero attached hydrogens (tertiary/aromatic N) is 2. The Labute approximate surface area is 150 Å². The van der Waals surface area contributed by atoms with Crippen LogP contribution in [0.5, 0.6) is 0 Å². The number of imidazole rings is 1. The Morgan fingerprint density at radius 2 is 1.88 bits per heavy atom. The average Bonchev–Trinajstić information content (AvgIpc) is 2.99. The highest BCUT2D eigenvalue weighted by Gasteiger charge is 2.36. The molecule has 0 fully saturated rings. The second kappa shape index (κ2) is 5.46. The Bertz CT molecular complexity index is 1030. The van der Waals surface area contributed by atoms with Crippen LogP contribution in [-0.2, 0) is 4.79 Å². The summed E-state index contributed by atoms with van der Waals surface area (Å²) in [6, 6.07) is 15.6. The Morgan fingerprint density at radius 3 is 2.72 bits per heavy atom. The maximum Gasteiger partial charge on any atom is 0.209 e. The minimum absolute atomic E-state index is 0.163. The smallest absolute Gasteiger partial charge is 0.209 e. The van der Waals surface area contributed by atoms with Crippen molar-refractivity contribution in [1.82, 2.24) is 9.55 Å². The first-order chi connectivity index (χ1) is 12.2. The Balaban J connectivity index is 1.81. The molecule has 4 nitrogen and oxygen atoms in total. The number of rotatable bonds is 1. The van der Waals surface area contributed by atoms with E-state index in [1.165, 1.54) is 0 Å². The SMILES string of the molecule is O=C1CCCC2=C1C(c1ccc(Cl)cc1)n1c(nc3ccccc31)N2. The van der Waals surface area contributed by atoms with Crippen LogP contribution in [0, 0.1) is 0 Å². The van der Waals surface area contributed by atoms with Gasteiger partial charge < -0.3 is 5.32 Å². The number of halogens is 1. The van der Waals surface area contributed by atoms with Gasteiger partial charge in [0.05, 0.1) is 17.1 Å². The summed E-state index contributed by atoms with van der Waals surface area (Å²) >= 11 is 6.08. The van der Waals surface area contributed by atoms with Crippen LogP contribution in [0.25, 0.3) is 11.0 Å². The van der Waals surface area contributed by atoms with Crippen LogP contribution in [-0.4, -0.2) is 15.3 Å². The second-order valence-electron chi connectivity index (χ2n) is 6.54. The average molecular weight is 350 g/mol. The van der Waals surface area contributed by atoms with Gasteiger partial charge in [0.25, 0.3) is 0 Å². The van der Waals surface area contributed by atoms with Gasteiger partial charge in [-0.15, -0.1) is 0 Å². The molecule has 2 aromatic carbocycles. The first-order valence-electron chi connectivity index (χ1n) is 8.48. The van der Waals surface area contributed by atoms with Crippen molar-refractivity contribution in [3.8, 4) is 0 Å². The van der Waals surface area contributed by atoms with Crippen LogP contribution in [0.15, 0.2) is 59.8 Å². The minimum Gasteiger partial charge on any atom is -0.329 e. The highest BCUT2D eigenvalue weighted by molar-refractivity contribution is 6.30. The molecule has 2 heterocycles. The number of benzene rings is 2. The molecule has 5 heteroatoms. The number of carbonyl (C=O) groups is 1. The molecule has 3 aromatic rings. The molecule has 1 aliphatic heterocycles. The van der Waals surface area contributed by atoms with Gasteiger partial charge in [-0.05, 0) is 42.7 Å². The van der Waals surface area contributed by atoms with Crippen LogP contribution < -0.4 is 5.32 Å². The van der Waals surface area contributed by atoms with E-state index in [4.69, 9.17) is 16.6 Å². The van der Waals surface area contributed by atoms with Gasteiger partial charge in [0.2, 0.25) is 5.95 Å². The standard InChI is InChI=1S/C20H16ClN3O/c21-13-10-8-12(9-11-13)19-18-15(5-3-7-17(18)25)23-20-22-14-4-1-2-6-16(14)24(19)20/h1-2,4,6,8-11,19H,3,5,7H2,(H,22,23). The third kappa shape index (κ3) is 2.21. The van der Waals surface area contributed by atoms with E-state index in [1.54, 1.807) is 0 Å². The third-order valence-electron chi connectivity index (χ3n) is 5.03. The number of aromatic nitrogens is 2. The number of nitrogens with one attached hydrogen (secondary N) is 1. The zero-order chi connectivity index (χ0) is 17.0. The van der Waals surface area contributed by atoms with E-state index < -0.39 is 0 Å². The molecule has 0 bridgehead atoms. The molecule has 124 valence electrons. The largest absolute Gasteiger partial charge is 0.329 e. The number of hydrogen-bond acceptors (Lipinski definition) is 3. The number of carbonyl (C=O) groups excluding carboxylic acids is 1. The molecular weight excluding hydrogens is 334 g/mol. The molecule has 0 saturated carbocycles. The lowest BCUT2D eigenvalue weighted by molar-refractivity contribution is -0.116. The molecule has 2 aliphatic rings. The quantitative estimate of drug-likeness (QED) is 0.692. The number of anilines is 1. The zero-order valence-corrected chi connectivity index (χ0v) is 14.3. The van der Waals surface area contributed by atoms with Crippen molar-refractivity contribution in [2.45, 2.75) is 25.3 Å². The van der Waals surface area contributed by atoms with Gasteiger partial charge in [0, 0.05) is 22.7 Å². The maximum absolute atomic E-state index is 12.8. The van der Waals surface area contributed by atoms with Gasteiger partial charge >= 0.3 is 0 Å². The normalized spacial score (nSPS) is 19.6. The van der Waals surface area contributed by atoms with Gasteiger partial charge in [0.15, 0.2) is 5.78 Å². The molecule has 1 aliphatic carbocycles. The predicted octanol–water partition coefficient (Wildman–Crippen LogP) is 4.71. The number of ketones is 1. The van der Waals surface area contributed by atoms with Crippen molar-refractivity contribution >= 4 is 34.4 Å². The summed E-state index contributed by atoms with van der Waals surface area (Å²) in [5.41, 5.74) is 4.88. The molecule has 0 amide bonds. The number of para-hydroxylation sites is 2. The lowest BCUT2D eigenvalue weighted by Gasteiger charge is -2.33. The van der Waals surface area contributed by atoms with Gasteiger partial charge in [-0.2, -0.15) is 0 Å². The Kier molecular flexibility index (Phi) is 3.22. The van der Waals surface area contributed by atoms with Gasteiger partial charge in [-0.25, -0.2) is 4.98 Å². The summed E-state index contributed by atoms with van der Waals surface area (Å²) in [6.07, 6.45) is 2.37. The van der Waals surface area contributed by atoms with Crippen LogP contribution in [0.3, 0.4) is 0 Å². The summed E-state index contributed by atoms with van der Waals surface area (Å²) in [5, 5.41) is 4.11. The van der Waals surface area contributed by atoms with Crippen molar-refractivity contribution in [2.24, 2.45) is 0 Å². The van der Waals surface area contributed by atoms with Crippen LogP contribution in [0.4, 0.5) is 5.95 Å². The second-order valence-corrected chi connectivity index (χ2v) is 6.98. The summed E-state index contributed by atoms with van der Waals surface area (Å²) in [5.74, 6) is 1.02. The first-order valence-corrected chi connectivity index (χ1v) is 8.86. The van der Waals surface area contributed by atoms with E-state index in [0.717, 1.165) is 46.7 Å². The summed E-state index contributed by atoms with van der Waals surface area (Å²) < 4.78 is 2.14. The molecule has 25 heavy (non-hydrogen) atoms. The van der Waals surface area contributed by atoms with Crippen LogP contribution in [0.2, 0.25) is 5.02 Å². The molecular formula is C20H16ClN3O. The van der Waals surface area contributed by atoms with Crippen molar-refractivity contribution in [3.63, 3.8) is 0 Å². The molecule has 0 saturated heterocycles. The number of allylic oxidation sites excluding steroid dienone is 2. The maximum atomic E-state index is 12.8. The van der Waals surface area contributed by atoms with E-state index in [9.17, 15) is 4.79 Å². The monoisotopic (exact) mass is 349 g/mol. The molecule has 1 aromatic heterocycles. The van der Waals surface area contributed by atoms with Gasteiger partial charge in [-0.3, -0.25) is 9.36 Å². The lowest BCUT2D eigenvalue weighted by atomic mass is 9.85. The topological polar surface area (TPSA) is 46.9 Å². The fourth-order valence-electron chi connectivity index (χ4n) is 3.93. The van der Waals surface area contributed by atoms with Crippen molar-refractivity contribution < 1.29 is 4.79 Å². The van der Waals surface area contributed by atoms with E-state index in [-0.39, 0.29) is 11.8 Å². The molecule has 0 spiro atoms. The van der Waals surface area contributed by atoms with E-state index >= 15 is 0 Å². The van der Waals surface area contributed by atoms with Gasteiger partial charge in [0.1, 0.15) is 0 Å². The summed E-state index contributed by atoms with van der Waals surface area (Å²) in [6.45, 7) is 0. The fourth-order valence-corrected chi connectivity index (χ4v) is 4.06. The summed E-state index contributed by atoms with van der Waals surface area (Å²) in [4.78, 5) is 17.5. The Morgan fingerprint density at radius 1 is 1.08 bits per heavy atom. The fraction of sp³-hybridized carbons (Fsp3) is 0.200. The van der Waals surface area contributed by atoms with E-state index in [2.05, 4.69) is 16.0 Å². The summed E-state index contributed by atoms with van der Waals surface area (Å²) in [7, 11) is 0. The molecule has 1 N–H and O–H groups in total. The van der Waals surface area contributed by atoms with E-state index in [1.807, 2.05) is 42.5 Å². The molecule has 0 radical (unpaired) electrons. The number of hydrogen-bond donors (Lipinski definition) is 1. The number of Topliss-reactive ketones (excluding diaryl/α,β-unsaturated/α-hetero) is 1. The molecule has 1 unspecified atom stereocenters. The van der Waals surface area contributed by atoms with Gasteiger partial charge in [-0.1, -0.05) is 35.9 Å². The molecule has 1 atom stereocenters. The molecule has 5 rings (SSSR count). The third-order valence-corrected chi connectivity index (χ3v) is 5.28.